The number of primary amides is 1. The molecule has 0 aliphatic carbocycles. The number of nitrogens with two attached hydrogens (primary N) is 1. The molecule has 1 aliphatic heterocycles. The Balaban J connectivity index is 1.77. The van der Waals surface area contributed by atoms with Gasteiger partial charge in [0.05, 0.1) is 12.1 Å². The van der Waals surface area contributed by atoms with Crippen molar-refractivity contribution in [1.82, 2.24) is 9.47 Å². The van der Waals surface area contributed by atoms with E-state index in [9.17, 15) is 14.4 Å². The average molecular weight is 374 g/mol. The summed E-state index contributed by atoms with van der Waals surface area (Å²) in [5.74, 6) is -0.639. The average Bonchev–Trinajstić information content (AvgIpc) is 2.65. The monoisotopic (exact) mass is 373 g/mol. The Hall–Kier alpha value is -2.60. The van der Waals surface area contributed by atoms with Gasteiger partial charge in [-0.15, -0.1) is 0 Å². The smallest absolute Gasteiger partial charge is 0.255 e. The predicted octanol–water partition coefficient (Wildman–Crippen LogP) is 1.89. The van der Waals surface area contributed by atoms with Crippen LogP contribution < -0.4 is 11.3 Å². The first-order chi connectivity index (χ1) is 12.5. The highest BCUT2D eigenvalue weighted by Gasteiger charge is 2.26. The first kappa shape index (κ1) is 18.2. The van der Waals surface area contributed by atoms with Gasteiger partial charge in [-0.2, -0.15) is 0 Å². The van der Waals surface area contributed by atoms with Gasteiger partial charge < -0.3 is 15.2 Å². The molecule has 3 rings (SSSR count). The molecule has 0 unspecified atom stereocenters. The number of benzene rings is 1. The highest BCUT2D eigenvalue weighted by molar-refractivity contribution is 6.31. The summed E-state index contributed by atoms with van der Waals surface area (Å²) in [7, 11) is 0. The molecule has 0 atom stereocenters. The molecule has 1 saturated heterocycles. The van der Waals surface area contributed by atoms with Crippen LogP contribution in [0, 0.1) is 5.92 Å². The van der Waals surface area contributed by atoms with Gasteiger partial charge in [0, 0.05) is 36.3 Å². The molecule has 2 aromatic rings. The summed E-state index contributed by atoms with van der Waals surface area (Å²) >= 11 is 6.16. The number of hydrogen-bond acceptors (Lipinski definition) is 3. The molecule has 6 nitrogen and oxygen atoms in total. The molecule has 1 aliphatic rings. The Kier molecular flexibility index (Phi) is 5.42. The Morgan fingerprint density at radius 2 is 1.81 bits per heavy atom. The second-order valence-corrected chi connectivity index (χ2v) is 6.85. The number of amides is 2. The molecule has 2 N–H and O–H groups in total. The van der Waals surface area contributed by atoms with Crippen LogP contribution in [0.4, 0.5) is 0 Å². The minimum absolute atomic E-state index is 0.152. The summed E-state index contributed by atoms with van der Waals surface area (Å²) in [6.07, 6.45) is 2.70. The lowest BCUT2D eigenvalue weighted by molar-refractivity contribution is -0.123. The van der Waals surface area contributed by atoms with Gasteiger partial charge in [0.15, 0.2) is 0 Å². The van der Waals surface area contributed by atoms with E-state index in [1.807, 2.05) is 18.2 Å². The molecular formula is C19H20ClN3O3. The number of halogens is 1. The summed E-state index contributed by atoms with van der Waals surface area (Å²) in [5, 5.41) is 0.574. The number of rotatable bonds is 4. The second kappa shape index (κ2) is 7.74. The maximum absolute atomic E-state index is 12.7. The zero-order valence-electron chi connectivity index (χ0n) is 14.2. The standard InChI is InChI=1S/C19H20ClN3O3/c20-16-4-2-1-3-14(16)11-23-12-15(5-6-17(23)24)19(26)22-9-7-13(8-10-22)18(21)25/h1-6,12-13H,7-11H2,(H2,21,25). The van der Waals surface area contributed by atoms with Crippen LogP contribution in [0.5, 0.6) is 0 Å². The van der Waals surface area contributed by atoms with Crippen LogP contribution in [0.3, 0.4) is 0 Å². The van der Waals surface area contributed by atoms with Crippen molar-refractivity contribution in [2.75, 3.05) is 13.1 Å². The lowest BCUT2D eigenvalue weighted by Crippen LogP contribution is -2.42. The van der Waals surface area contributed by atoms with E-state index in [-0.39, 0.29) is 23.3 Å². The van der Waals surface area contributed by atoms with Crippen LogP contribution in [-0.2, 0) is 11.3 Å². The van der Waals surface area contributed by atoms with Crippen molar-refractivity contribution >= 4 is 23.4 Å². The summed E-state index contributed by atoms with van der Waals surface area (Å²) in [4.78, 5) is 37.8. The van der Waals surface area contributed by atoms with Gasteiger partial charge in [0.25, 0.3) is 11.5 Å². The molecule has 0 bridgehead atoms. The van der Waals surface area contributed by atoms with Gasteiger partial charge in [-0.25, -0.2) is 0 Å². The molecule has 0 saturated carbocycles. The van der Waals surface area contributed by atoms with Gasteiger partial charge in [-0.3, -0.25) is 14.4 Å². The number of aromatic nitrogens is 1. The quantitative estimate of drug-likeness (QED) is 0.887. The molecule has 1 aromatic carbocycles. The van der Waals surface area contributed by atoms with Crippen LogP contribution in [0.2, 0.25) is 5.02 Å². The third-order valence-corrected chi connectivity index (χ3v) is 5.08. The molecule has 2 amide bonds. The Morgan fingerprint density at radius 1 is 1.12 bits per heavy atom. The van der Waals surface area contributed by atoms with Gasteiger partial charge in [0.2, 0.25) is 5.91 Å². The highest BCUT2D eigenvalue weighted by atomic mass is 35.5. The van der Waals surface area contributed by atoms with Gasteiger partial charge in [0.1, 0.15) is 0 Å². The Morgan fingerprint density at radius 3 is 2.46 bits per heavy atom. The fourth-order valence-electron chi connectivity index (χ4n) is 3.14. The number of pyridine rings is 1. The van der Waals surface area contributed by atoms with Crippen LogP contribution in [0.25, 0.3) is 0 Å². The molecule has 0 spiro atoms. The second-order valence-electron chi connectivity index (χ2n) is 6.44. The summed E-state index contributed by atoms with van der Waals surface area (Å²) in [6, 6.07) is 10.2. The number of hydrogen-bond donors (Lipinski definition) is 1. The van der Waals surface area contributed by atoms with Crippen molar-refractivity contribution < 1.29 is 9.59 Å². The maximum Gasteiger partial charge on any atom is 0.255 e. The van der Waals surface area contributed by atoms with E-state index in [0.29, 0.717) is 43.1 Å². The van der Waals surface area contributed by atoms with Crippen molar-refractivity contribution in [3.05, 3.63) is 69.1 Å². The van der Waals surface area contributed by atoms with Gasteiger partial charge >= 0.3 is 0 Å². The fourth-order valence-corrected chi connectivity index (χ4v) is 3.34. The third kappa shape index (κ3) is 3.96. The predicted molar refractivity (Wildman–Crippen MR) is 99.1 cm³/mol. The first-order valence-corrected chi connectivity index (χ1v) is 8.86. The van der Waals surface area contributed by atoms with E-state index < -0.39 is 0 Å². The molecule has 1 fully saturated rings. The van der Waals surface area contributed by atoms with Crippen molar-refractivity contribution in [2.45, 2.75) is 19.4 Å². The van der Waals surface area contributed by atoms with Crippen molar-refractivity contribution in [2.24, 2.45) is 11.7 Å². The molecule has 26 heavy (non-hydrogen) atoms. The molecular weight excluding hydrogens is 354 g/mol. The summed E-state index contributed by atoms with van der Waals surface area (Å²) < 4.78 is 1.48. The van der Waals surface area contributed by atoms with E-state index in [4.69, 9.17) is 17.3 Å². The van der Waals surface area contributed by atoms with Crippen LogP contribution in [-0.4, -0.2) is 34.4 Å². The number of likely N-dealkylation sites (tertiary alicyclic amines) is 1. The highest BCUT2D eigenvalue weighted by Crippen LogP contribution is 2.19. The first-order valence-electron chi connectivity index (χ1n) is 8.48. The Bertz CT molecular complexity index is 886. The van der Waals surface area contributed by atoms with Gasteiger partial charge in [-0.05, 0) is 30.5 Å². The number of carbonyl (C=O) groups is 2. The van der Waals surface area contributed by atoms with E-state index in [0.717, 1.165) is 5.56 Å². The molecule has 7 heteroatoms. The minimum Gasteiger partial charge on any atom is -0.369 e. The van der Waals surface area contributed by atoms with Crippen LogP contribution >= 0.6 is 11.6 Å². The lowest BCUT2D eigenvalue weighted by Gasteiger charge is -2.30. The zero-order chi connectivity index (χ0) is 18.7. The normalized spacial score (nSPS) is 15.0. The molecule has 0 radical (unpaired) electrons. The van der Waals surface area contributed by atoms with Crippen molar-refractivity contribution in [1.29, 1.82) is 0 Å². The SMILES string of the molecule is NC(=O)C1CCN(C(=O)c2ccc(=O)n(Cc3ccccc3Cl)c2)CC1. The van der Waals surface area contributed by atoms with E-state index in [1.54, 1.807) is 17.2 Å². The third-order valence-electron chi connectivity index (χ3n) is 4.71. The summed E-state index contributed by atoms with van der Waals surface area (Å²) in [6.45, 7) is 1.26. The van der Waals surface area contributed by atoms with Crippen LogP contribution in [0.1, 0.15) is 28.8 Å². The number of nitrogens with zero attached hydrogens (tertiary/aromatic N) is 2. The zero-order valence-corrected chi connectivity index (χ0v) is 15.0. The maximum atomic E-state index is 12.7. The number of carbonyl (C=O) groups excluding carboxylic acids is 2. The van der Waals surface area contributed by atoms with E-state index in [1.165, 1.54) is 16.7 Å². The fraction of sp³-hybridized carbons (Fsp3) is 0.316. The van der Waals surface area contributed by atoms with E-state index in [2.05, 4.69) is 0 Å². The largest absolute Gasteiger partial charge is 0.369 e. The molecule has 136 valence electrons. The van der Waals surface area contributed by atoms with Gasteiger partial charge in [-0.1, -0.05) is 29.8 Å². The summed E-state index contributed by atoms with van der Waals surface area (Å²) in [5.41, 5.74) is 6.38. The lowest BCUT2D eigenvalue weighted by atomic mass is 9.96. The number of piperidine rings is 1. The van der Waals surface area contributed by atoms with Crippen molar-refractivity contribution in [3.8, 4) is 0 Å². The van der Waals surface area contributed by atoms with Crippen LogP contribution in [0.15, 0.2) is 47.4 Å². The molecule has 2 heterocycles. The van der Waals surface area contributed by atoms with Crippen molar-refractivity contribution in [3.63, 3.8) is 0 Å². The topological polar surface area (TPSA) is 85.4 Å². The van der Waals surface area contributed by atoms with E-state index >= 15 is 0 Å². The Labute approximate surface area is 156 Å². The molecule has 1 aromatic heterocycles. The minimum atomic E-state index is -0.314.